The molecule has 0 bridgehead atoms. The average molecular weight is 230 g/mol. The van der Waals surface area contributed by atoms with Gasteiger partial charge in [-0.2, -0.15) is 0 Å². The number of hydrogen-bond acceptors (Lipinski definition) is 2. The Kier molecular flexibility index (Phi) is 1.97. The third-order valence-corrected chi connectivity index (χ3v) is 4.01. The molecule has 0 radical (unpaired) electrons. The lowest BCUT2D eigenvalue weighted by Crippen LogP contribution is -2.58. The number of carbonyl (C=O) groups is 1. The fraction of sp³-hybridized carbons (Fsp3) is 0.500. The molecule has 3 nitrogen and oxygen atoms in total. The average Bonchev–Trinajstić information content (AvgIpc) is 3.01. The highest BCUT2D eigenvalue weighted by molar-refractivity contribution is 6.03. The summed E-state index contributed by atoms with van der Waals surface area (Å²) in [6, 6.07) is 9.97. The maximum atomic E-state index is 12.5. The van der Waals surface area contributed by atoms with Crippen LogP contribution in [0.15, 0.2) is 30.3 Å². The Morgan fingerprint density at radius 3 is 2.35 bits per heavy atom. The maximum absolute atomic E-state index is 12.5. The molecule has 1 aromatic rings. The predicted octanol–water partition coefficient (Wildman–Crippen LogP) is 1.89. The van der Waals surface area contributed by atoms with E-state index >= 15 is 0 Å². The largest absolute Gasteiger partial charge is 0.309 e. The van der Waals surface area contributed by atoms with Gasteiger partial charge in [-0.05, 0) is 32.9 Å². The molecule has 0 aromatic heterocycles. The summed E-state index contributed by atoms with van der Waals surface area (Å²) >= 11 is 0. The van der Waals surface area contributed by atoms with Gasteiger partial charge in [-0.25, -0.2) is 0 Å². The van der Waals surface area contributed by atoms with E-state index in [0.29, 0.717) is 0 Å². The van der Waals surface area contributed by atoms with Crippen molar-refractivity contribution >= 4 is 11.6 Å². The topological polar surface area (TPSA) is 23.3 Å². The predicted molar refractivity (Wildman–Crippen MR) is 68.0 cm³/mol. The molecule has 17 heavy (non-hydrogen) atoms. The molecular formula is C14H18N2O. The first-order chi connectivity index (χ1) is 7.95. The summed E-state index contributed by atoms with van der Waals surface area (Å²) in [6.45, 7) is 8.13. The molecule has 1 amide bonds. The fourth-order valence-corrected chi connectivity index (χ4v) is 2.99. The van der Waals surface area contributed by atoms with Crippen molar-refractivity contribution in [3.8, 4) is 0 Å². The zero-order valence-electron chi connectivity index (χ0n) is 10.6. The van der Waals surface area contributed by atoms with Crippen molar-refractivity contribution in [3.05, 3.63) is 30.3 Å². The van der Waals surface area contributed by atoms with E-state index in [1.54, 1.807) is 0 Å². The first kappa shape index (κ1) is 10.8. The Balaban J connectivity index is 1.98. The minimum absolute atomic E-state index is 0.0680. The van der Waals surface area contributed by atoms with Gasteiger partial charge in [-0.15, -0.1) is 0 Å². The van der Waals surface area contributed by atoms with Gasteiger partial charge in [-0.1, -0.05) is 18.2 Å². The number of nitrogens with zero attached hydrogens (tertiary/aromatic N) is 2. The number of hydrogen-bond donors (Lipinski definition) is 0. The summed E-state index contributed by atoms with van der Waals surface area (Å²) in [7, 11) is 0. The normalized spacial score (nSPS) is 34.4. The Morgan fingerprint density at radius 2 is 1.71 bits per heavy atom. The zero-order chi connectivity index (χ0) is 12.3. The van der Waals surface area contributed by atoms with Crippen LogP contribution in [-0.2, 0) is 4.79 Å². The van der Waals surface area contributed by atoms with Crippen LogP contribution in [0.25, 0.3) is 0 Å². The molecule has 90 valence electrons. The molecule has 1 unspecified atom stereocenters. The van der Waals surface area contributed by atoms with Gasteiger partial charge < -0.3 is 4.90 Å². The van der Waals surface area contributed by atoms with Crippen molar-refractivity contribution in [2.24, 2.45) is 0 Å². The van der Waals surface area contributed by atoms with Gasteiger partial charge in [0.1, 0.15) is 5.54 Å². The third-order valence-electron chi connectivity index (χ3n) is 4.01. The Labute approximate surface area is 102 Å². The highest BCUT2D eigenvalue weighted by atomic mass is 16.2. The van der Waals surface area contributed by atoms with Crippen molar-refractivity contribution in [3.63, 3.8) is 0 Å². The highest BCUT2D eigenvalue weighted by Crippen LogP contribution is 2.46. The highest BCUT2D eigenvalue weighted by Gasteiger charge is 2.64. The van der Waals surface area contributed by atoms with Crippen LogP contribution in [0.2, 0.25) is 0 Å². The SMILES string of the molecule is CC1(C)CN(c2ccccc2)C(=O)[C@]2(C)CN12. The van der Waals surface area contributed by atoms with Crippen molar-refractivity contribution in [1.29, 1.82) is 0 Å². The summed E-state index contributed by atoms with van der Waals surface area (Å²) < 4.78 is 0. The molecule has 2 aliphatic rings. The summed E-state index contributed by atoms with van der Waals surface area (Å²) in [5.74, 6) is 0.239. The molecule has 2 fully saturated rings. The minimum atomic E-state index is -0.266. The van der Waals surface area contributed by atoms with Crippen LogP contribution in [0.1, 0.15) is 20.8 Å². The van der Waals surface area contributed by atoms with E-state index in [1.165, 1.54) is 0 Å². The van der Waals surface area contributed by atoms with Gasteiger partial charge >= 0.3 is 0 Å². The molecule has 0 aliphatic carbocycles. The van der Waals surface area contributed by atoms with Gasteiger partial charge in [0.05, 0.1) is 0 Å². The maximum Gasteiger partial charge on any atom is 0.248 e. The van der Waals surface area contributed by atoms with Gasteiger partial charge in [0.15, 0.2) is 0 Å². The van der Waals surface area contributed by atoms with Crippen LogP contribution in [0.5, 0.6) is 0 Å². The second-order valence-electron chi connectivity index (χ2n) is 5.90. The lowest BCUT2D eigenvalue weighted by molar-refractivity contribution is -0.124. The lowest BCUT2D eigenvalue weighted by atomic mass is 9.97. The Morgan fingerprint density at radius 1 is 1.06 bits per heavy atom. The van der Waals surface area contributed by atoms with E-state index in [0.717, 1.165) is 18.8 Å². The molecule has 2 saturated heterocycles. The summed E-state index contributed by atoms with van der Waals surface area (Å²) in [5, 5.41) is 0. The standard InChI is InChI=1S/C14H18N2O/c1-13(2)9-15(11-7-5-4-6-8-11)12(17)14(3)10-16(13)14/h4-8H,9-10H2,1-3H3/t14-,16?/m0/s1. The van der Waals surface area contributed by atoms with E-state index in [1.807, 2.05) is 42.2 Å². The third kappa shape index (κ3) is 1.42. The molecule has 3 heteroatoms. The smallest absolute Gasteiger partial charge is 0.248 e. The number of benzene rings is 1. The van der Waals surface area contributed by atoms with Crippen molar-refractivity contribution in [1.82, 2.24) is 4.90 Å². The van der Waals surface area contributed by atoms with E-state index in [9.17, 15) is 4.79 Å². The quantitative estimate of drug-likeness (QED) is 0.688. The number of piperazine rings is 1. The van der Waals surface area contributed by atoms with E-state index in [4.69, 9.17) is 0 Å². The second kappa shape index (κ2) is 3.10. The minimum Gasteiger partial charge on any atom is -0.309 e. The summed E-state index contributed by atoms with van der Waals surface area (Å²) in [6.07, 6.45) is 0. The lowest BCUT2D eigenvalue weighted by Gasteiger charge is -2.41. The van der Waals surface area contributed by atoms with Crippen molar-refractivity contribution < 1.29 is 4.79 Å². The number of amides is 1. The van der Waals surface area contributed by atoms with Gasteiger partial charge in [0.2, 0.25) is 5.91 Å². The number of fused-ring (bicyclic) bond motifs is 1. The first-order valence-corrected chi connectivity index (χ1v) is 6.10. The fourth-order valence-electron chi connectivity index (χ4n) is 2.99. The van der Waals surface area contributed by atoms with Crippen molar-refractivity contribution in [2.75, 3.05) is 18.0 Å². The van der Waals surface area contributed by atoms with Gasteiger partial charge in [0, 0.05) is 24.3 Å². The number of carbonyl (C=O) groups excluding carboxylic acids is 1. The van der Waals surface area contributed by atoms with E-state index in [-0.39, 0.29) is 17.0 Å². The zero-order valence-corrected chi connectivity index (χ0v) is 10.6. The molecule has 0 N–H and O–H groups in total. The Bertz CT molecular complexity index is 468. The number of para-hydroxylation sites is 1. The number of anilines is 1. The van der Waals surface area contributed by atoms with Crippen LogP contribution in [0.4, 0.5) is 5.69 Å². The van der Waals surface area contributed by atoms with Crippen LogP contribution in [0, 0.1) is 0 Å². The van der Waals surface area contributed by atoms with E-state index < -0.39 is 0 Å². The van der Waals surface area contributed by atoms with Crippen LogP contribution < -0.4 is 4.90 Å². The molecule has 3 rings (SSSR count). The van der Waals surface area contributed by atoms with Crippen LogP contribution in [0.3, 0.4) is 0 Å². The molecule has 1 aromatic carbocycles. The number of rotatable bonds is 1. The summed E-state index contributed by atoms with van der Waals surface area (Å²) in [5.41, 5.74) is 0.814. The molecule has 0 saturated carbocycles. The first-order valence-electron chi connectivity index (χ1n) is 6.10. The molecule has 2 heterocycles. The van der Waals surface area contributed by atoms with Crippen LogP contribution in [-0.4, -0.2) is 35.0 Å². The molecular weight excluding hydrogens is 212 g/mol. The van der Waals surface area contributed by atoms with Gasteiger partial charge in [0.25, 0.3) is 0 Å². The van der Waals surface area contributed by atoms with Gasteiger partial charge in [-0.3, -0.25) is 9.69 Å². The monoisotopic (exact) mass is 230 g/mol. The molecule has 2 aliphatic heterocycles. The molecule has 0 spiro atoms. The Hall–Kier alpha value is -1.35. The second-order valence-corrected chi connectivity index (χ2v) is 5.90. The van der Waals surface area contributed by atoms with E-state index in [2.05, 4.69) is 18.7 Å². The van der Waals surface area contributed by atoms with Crippen LogP contribution >= 0.6 is 0 Å². The summed E-state index contributed by atoms with van der Waals surface area (Å²) in [4.78, 5) is 16.7. The molecule has 2 atom stereocenters. The van der Waals surface area contributed by atoms with Crippen molar-refractivity contribution in [2.45, 2.75) is 31.8 Å².